The summed E-state index contributed by atoms with van der Waals surface area (Å²) < 4.78 is 2.09. The predicted molar refractivity (Wildman–Crippen MR) is 81.6 cm³/mol. The second kappa shape index (κ2) is 5.40. The molecule has 1 aliphatic carbocycles. The van der Waals surface area contributed by atoms with Crippen molar-refractivity contribution < 1.29 is 0 Å². The van der Waals surface area contributed by atoms with Crippen molar-refractivity contribution in [1.29, 1.82) is 0 Å². The third kappa shape index (κ3) is 2.06. The van der Waals surface area contributed by atoms with Crippen molar-refractivity contribution in [2.75, 3.05) is 12.3 Å². The van der Waals surface area contributed by atoms with Crippen LogP contribution in [0.1, 0.15) is 43.1 Å². The van der Waals surface area contributed by atoms with Gasteiger partial charge in [0.2, 0.25) is 0 Å². The number of hydrogen-bond acceptors (Lipinski definition) is 4. The van der Waals surface area contributed by atoms with Crippen molar-refractivity contribution >= 4 is 16.7 Å². The van der Waals surface area contributed by atoms with Crippen LogP contribution in [-0.4, -0.2) is 21.3 Å². The molecule has 2 aromatic heterocycles. The second-order valence-electron chi connectivity index (χ2n) is 5.56. The number of fused-ring (bicyclic) bond motifs is 3. The summed E-state index contributed by atoms with van der Waals surface area (Å²) in [5.74, 6) is 0.578. The van der Waals surface area contributed by atoms with Crippen LogP contribution >= 0.6 is 0 Å². The van der Waals surface area contributed by atoms with Crippen LogP contribution in [0.3, 0.4) is 0 Å². The van der Waals surface area contributed by atoms with E-state index in [2.05, 4.69) is 16.6 Å². The van der Waals surface area contributed by atoms with Crippen LogP contribution in [-0.2, 0) is 25.8 Å². The molecule has 0 aromatic carbocycles. The fourth-order valence-corrected chi connectivity index (χ4v) is 3.26. The van der Waals surface area contributed by atoms with E-state index in [1.165, 1.54) is 35.2 Å². The van der Waals surface area contributed by atoms with Gasteiger partial charge in [-0.05, 0) is 44.2 Å². The molecule has 0 fully saturated rings. The number of hydrogen-bond donors (Lipinski definition) is 2. The number of rotatable bonds is 4. The standard InChI is InChI=1S/C15H23N5/c1-2-9-20-12(7-8-16)13-10-5-3-4-6-11(10)18-15(17)14(13)19-20/h2-9,16H2,1H3,(H2,17,18). The van der Waals surface area contributed by atoms with Crippen LogP contribution in [0.5, 0.6) is 0 Å². The predicted octanol–water partition coefficient (Wildman–Crippen LogP) is 1.80. The van der Waals surface area contributed by atoms with Gasteiger partial charge >= 0.3 is 0 Å². The van der Waals surface area contributed by atoms with Crippen LogP contribution < -0.4 is 11.5 Å². The fraction of sp³-hybridized carbons (Fsp3) is 0.600. The third-order valence-corrected chi connectivity index (χ3v) is 4.11. The monoisotopic (exact) mass is 273 g/mol. The Morgan fingerprint density at radius 3 is 2.80 bits per heavy atom. The molecule has 2 heterocycles. The molecule has 20 heavy (non-hydrogen) atoms. The largest absolute Gasteiger partial charge is 0.382 e. The maximum atomic E-state index is 6.14. The Balaban J connectivity index is 2.28. The third-order valence-electron chi connectivity index (χ3n) is 4.11. The highest BCUT2D eigenvalue weighted by atomic mass is 15.3. The minimum Gasteiger partial charge on any atom is -0.382 e. The average molecular weight is 273 g/mol. The number of aryl methyl sites for hydroxylation is 3. The van der Waals surface area contributed by atoms with E-state index in [9.17, 15) is 0 Å². The van der Waals surface area contributed by atoms with Crippen molar-refractivity contribution in [3.05, 3.63) is 17.0 Å². The zero-order chi connectivity index (χ0) is 14.1. The first-order valence-electron chi connectivity index (χ1n) is 7.63. The number of aromatic nitrogens is 3. The summed E-state index contributed by atoms with van der Waals surface area (Å²) in [6.07, 6.45) is 6.48. The lowest BCUT2D eigenvalue weighted by molar-refractivity contribution is 0.579. The molecule has 4 N–H and O–H groups in total. The first kappa shape index (κ1) is 13.4. The second-order valence-corrected chi connectivity index (χ2v) is 5.56. The van der Waals surface area contributed by atoms with Crippen LogP contribution in [0.4, 0.5) is 5.82 Å². The van der Waals surface area contributed by atoms with Crippen LogP contribution in [0, 0.1) is 0 Å². The molecule has 3 rings (SSSR count). The summed E-state index contributed by atoms with van der Waals surface area (Å²) in [5.41, 5.74) is 16.6. The van der Waals surface area contributed by atoms with E-state index in [0.717, 1.165) is 37.7 Å². The van der Waals surface area contributed by atoms with E-state index in [1.807, 2.05) is 0 Å². The van der Waals surface area contributed by atoms with Crippen LogP contribution in [0.2, 0.25) is 0 Å². The van der Waals surface area contributed by atoms with Crippen molar-refractivity contribution in [3.8, 4) is 0 Å². The van der Waals surface area contributed by atoms with Gasteiger partial charge in [-0.1, -0.05) is 6.92 Å². The minimum absolute atomic E-state index is 0.578. The maximum Gasteiger partial charge on any atom is 0.152 e. The molecule has 0 saturated carbocycles. The number of nitrogen functional groups attached to an aromatic ring is 1. The normalized spacial score (nSPS) is 14.7. The summed E-state index contributed by atoms with van der Waals surface area (Å²) in [7, 11) is 0. The molecule has 0 amide bonds. The smallest absolute Gasteiger partial charge is 0.152 e. The minimum atomic E-state index is 0.578. The highest BCUT2D eigenvalue weighted by Gasteiger charge is 2.22. The van der Waals surface area contributed by atoms with Gasteiger partial charge in [0, 0.05) is 29.7 Å². The van der Waals surface area contributed by atoms with E-state index in [1.54, 1.807) is 0 Å². The molecule has 2 aromatic rings. The topological polar surface area (TPSA) is 82.8 Å². The van der Waals surface area contributed by atoms with Gasteiger partial charge in [0.1, 0.15) is 5.52 Å². The highest BCUT2D eigenvalue weighted by Crippen LogP contribution is 2.33. The van der Waals surface area contributed by atoms with Crippen molar-refractivity contribution in [2.45, 2.75) is 52.0 Å². The number of nitrogens with two attached hydrogens (primary N) is 2. The molecule has 5 heteroatoms. The molecule has 0 atom stereocenters. The summed E-state index contributed by atoms with van der Waals surface area (Å²) in [5, 5.41) is 5.94. The van der Waals surface area contributed by atoms with E-state index in [-0.39, 0.29) is 0 Å². The van der Waals surface area contributed by atoms with Gasteiger partial charge in [0.15, 0.2) is 5.82 Å². The summed E-state index contributed by atoms with van der Waals surface area (Å²) in [4.78, 5) is 4.59. The Morgan fingerprint density at radius 2 is 2.05 bits per heavy atom. The van der Waals surface area contributed by atoms with Gasteiger partial charge in [-0.25, -0.2) is 4.98 Å². The molecule has 0 unspecified atom stereocenters. The first-order chi connectivity index (χ1) is 9.76. The lowest BCUT2D eigenvalue weighted by Crippen LogP contribution is -2.12. The van der Waals surface area contributed by atoms with Gasteiger partial charge in [-0.15, -0.1) is 0 Å². The number of anilines is 1. The van der Waals surface area contributed by atoms with Crippen LogP contribution in [0.25, 0.3) is 10.9 Å². The molecule has 0 aliphatic heterocycles. The SMILES string of the molecule is CCCn1nc2c(N)nc3c(c2c1CCN)CCCC3. The molecule has 0 bridgehead atoms. The molecular weight excluding hydrogens is 250 g/mol. The lowest BCUT2D eigenvalue weighted by atomic mass is 9.92. The summed E-state index contributed by atoms with van der Waals surface area (Å²) >= 11 is 0. The zero-order valence-electron chi connectivity index (χ0n) is 12.2. The van der Waals surface area contributed by atoms with Crippen molar-refractivity contribution in [2.24, 2.45) is 5.73 Å². The quantitative estimate of drug-likeness (QED) is 0.890. The number of nitrogens with zero attached hydrogens (tertiary/aromatic N) is 3. The molecule has 0 radical (unpaired) electrons. The van der Waals surface area contributed by atoms with Gasteiger partial charge in [-0.2, -0.15) is 5.10 Å². The molecule has 1 aliphatic rings. The van der Waals surface area contributed by atoms with Gasteiger partial charge in [0.25, 0.3) is 0 Å². The highest BCUT2D eigenvalue weighted by molar-refractivity contribution is 5.93. The zero-order valence-corrected chi connectivity index (χ0v) is 12.2. The molecule has 108 valence electrons. The van der Waals surface area contributed by atoms with Gasteiger partial charge < -0.3 is 11.5 Å². The molecule has 0 saturated heterocycles. The average Bonchev–Trinajstić information content (AvgIpc) is 2.80. The van der Waals surface area contributed by atoms with Crippen molar-refractivity contribution in [3.63, 3.8) is 0 Å². The Morgan fingerprint density at radius 1 is 1.25 bits per heavy atom. The molecular formula is C15H23N5. The lowest BCUT2D eigenvalue weighted by Gasteiger charge is -2.17. The molecule has 5 nitrogen and oxygen atoms in total. The Kier molecular flexibility index (Phi) is 3.61. The maximum absolute atomic E-state index is 6.14. The molecule has 0 spiro atoms. The van der Waals surface area contributed by atoms with E-state index in [0.29, 0.717) is 12.4 Å². The van der Waals surface area contributed by atoms with E-state index < -0.39 is 0 Å². The van der Waals surface area contributed by atoms with E-state index >= 15 is 0 Å². The van der Waals surface area contributed by atoms with Crippen LogP contribution in [0.15, 0.2) is 0 Å². The summed E-state index contributed by atoms with van der Waals surface area (Å²) in [6.45, 7) is 3.72. The van der Waals surface area contributed by atoms with Gasteiger partial charge in [-0.3, -0.25) is 4.68 Å². The van der Waals surface area contributed by atoms with Gasteiger partial charge in [0.05, 0.1) is 0 Å². The number of pyridine rings is 1. The Bertz CT molecular complexity index is 629. The Labute approximate surface area is 119 Å². The van der Waals surface area contributed by atoms with E-state index in [4.69, 9.17) is 16.6 Å². The fourth-order valence-electron chi connectivity index (χ4n) is 3.26. The van der Waals surface area contributed by atoms with Crippen molar-refractivity contribution in [1.82, 2.24) is 14.8 Å². The summed E-state index contributed by atoms with van der Waals surface area (Å²) in [6, 6.07) is 0. The first-order valence-corrected chi connectivity index (χ1v) is 7.63. The Hall–Kier alpha value is -1.62.